The van der Waals surface area contributed by atoms with Crippen LogP contribution in [0.2, 0.25) is 0 Å². The summed E-state index contributed by atoms with van der Waals surface area (Å²) in [6.45, 7) is 0. The van der Waals surface area contributed by atoms with E-state index >= 15 is 0 Å². The molecule has 0 bridgehead atoms. The maximum atomic E-state index is 13.0. The van der Waals surface area contributed by atoms with Gasteiger partial charge in [0.25, 0.3) is 0 Å². The molecule has 2 atom stereocenters. The van der Waals surface area contributed by atoms with Crippen LogP contribution < -0.4 is 16.7 Å². The summed E-state index contributed by atoms with van der Waals surface area (Å²) >= 11 is 0. The normalized spacial score (nSPS) is 19.2. The molecule has 0 fully saturated rings. The van der Waals surface area contributed by atoms with Gasteiger partial charge in [0.2, 0.25) is 5.91 Å². The molecule has 0 radical (unpaired) electrons. The first-order chi connectivity index (χ1) is 16.5. The smallest absolute Gasteiger partial charge is 0.340 e. The lowest BCUT2D eigenvalue weighted by Crippen LogP contribution is -2.60. The predicted octanol–water partition coefficient (Wildman–Crippen LogP) is 0.871. The molecular formula is C24H15N3O8. The third-order valence-corrected chi connectivity index (χ3v) is 6.69. The number of rotatable bonds is 5. The molecule has 4 aromatic rings. The van der Waals surface area contributed by atoms with Gasteiger partial charge >= 0.3 is 23.4 Å². The number of benzene rings is 4. The Kier molecular flexibility index (Phi) is 4.33. The van der Waals surface area contributed by atoms with Crippen molar-refractivity contribution in [2.24, 2.45) is 17.4 Å². The van der Waals surface area contributed by atoms with E-state index in [-0.39, 0.29) is 21.7 Å². The minimum Gasteiger partial charge on any atom is -0.478 e. The van der Waals surface area contributed by atoms with E-state index in [1.165, 1.54) is 12.1 Å². The zero-order valence-electron chi connectivity index (χ0n) is 17.6. The molecule has 35 heavy (non-hydrogen) atoms. The van der Waals surface area contributed by atoms with E-state index in [2.05, 4.69) is 0 Å². The largest absolute Gasteiger partial charge is 0.478 e. The molecule has 1 aliphatic carbocycles. The number of hydrogen-bond acceptors (Lipinski definition) is 6. The molecule has 1 aliphatic rings. The SMILES string of the molecule is NC(=O)C1C(C(=O)O)=c2c(C(=O)O)ccc3c2c(c2cccc4cccc3c42)C1(C(N)=O)[N+](=O)[O-]. The Bertz CT molecular complexity index is 1740. The molecule has 11 nitrogen and oxygen atoms in total. The molecule has 5 rings (SSSR count). The summed E-state index contributed by atoms with van der Waals surface area (Å²) in [5.74, 6) is -8.87. The lowest BCUT2D eigenvalue weighted by atomic mass is 9.65. The van der Waals surface area contributed by atoms with Crippen LogP contribution in [0, 0.1) is 16.0 Å². The zero-order valence-corrected chi connectivity index (χ0v) is 17.6. The topological polar surface area (TPSA) is 204 Å². The number of primary amides is 2. The summed E-state index contributed by atoms with van der Waals surface area (Å²) < 4.78 is 0. The van der Waals surface area contributed by atoms with Crippen LogP contribution in [0.1, 0.15) is 15.9 Å². The van der Waals surface area contributed by atoms with Gasteiger partial charge in [-0.1, -0.05) is 42.5 Å². The van der Waals surface area contributed by atoms with E-state index in [0.717, 1.165) is 6.07 Å². The van der Waals surface area contributed by atoms with Crippen LogP contribution in [0.3, 0.4) is 0 Å². The highest BCUT2D eigenvalue weighted by molar-refractivity contribution is 6.29. The Morgan fingerprint density at radius 1 is 0.857 bits per heavy atom. The summed E-state index contributed by atoms with van der Waals surface area (Å²) in [5.41, 5.74) is 6.14. The van der Waals surface area contributed by atoms with Crippen molar-refractivity contribution < 1.29 is 34.3 Å². The summed E-state index contributed by atoms with van der Waals surface area (Å²) in [5, 5.41) is 34.2. The maximum absolute atomic E-state index is 13.0. The van der Waals surface area contributed by atoms with Gasteiger partial charge in [0, 0.05) is 15.5 Å². The van der Waals surface area contributed by atoms with Crippen molar-refractivity contribution in [3.63, 3.8) is 0 Å². The molecule has 0 saturated carbocycles. The van der Waals surface area contributed by atoms with E-state index in [9.17, 15) is 39.5 Å². The number of nitrogens with two attached hydrogens (primary N) is 2. The fraction of sp³-hybridized carbons (Fsp3) is 0.0833. The Balaban J connectivity index is 2.32. The highest BCUT2D eigenvalue weighted by atomic mass is 16.6. The third-order valence-electron chi connectivity index (χ3n) is 6.69. The Morgan fingerprint density at radius 3 is 1.97 bits per heavy atom. The van der Waals surface area contributed by atoms with E-state index in [1.807, 2.05) is 0 Å². The summed E-state index contributed by atoms with van der Waals surface area (Å²) in [6.07, 6.45) is 0. The van der Waals surface area contributed by atoms with Crippen LogP contribution >= 0.6 is 0 Å². The minimum absolute atomic E-state index is 0.151. The van der Waals surface area contributed by atoms with Crippen LogP contribution in [-0.2, 0) is 19.9 Å². The summed E-state index contributed by atoms with van der Waals surface area (Å²) in [4.78, 5) is 61.9. The number of nitro groups is 1. The number of carboxylic acids is 2. The van der Waals surface area contributed by atoms with Crippen LogP contribution in [0.5, 0.6) is 0 Å². The van der Waals surface area contributed by atoms with Gasteiger partial charge in [-0.15, -0.1) is 0 Å². The van der Waals surface area contributed by atoms with Crippen molar-refractivity contribution in [1.82, 2.24) is 0 Å². The highest BCUT2D eigenvalue weighted by Gasteiger charge is 2.66. The van der Waals surface area contributed by atoms with Gasteiger partial charge in [-0.05, 0) is 33.0 Å². The van der Waals surface area contributed by atoms with Crippen molar-refractivity contribution in [1.29, 1.82) is 0 Å². The van der Waals surface area contributed by atoms with E-state index in [4.69, 9.17) is 11.5 Å². The molecule has 0 spiro atoms. The van der Waals surface area contributed by atoms with Crippen LogP contribution in [0.15, 0.2) is 48.5 Å². The second-order valence-electron chi connectivity index (χ2n) is 8.24. The number of nitrogens with zero attached hydrogens (tertiary/aromatic N) is 1. The van der Waals surface area contributed by atoms with Gasteiger partial charge in [-0.2, -0.15) is 0 Å². The van der Waals surface area contributed by atoms with Crippen LogP contribution in [-0.4, -0.2) is 38.9 Å². The summed E-state index contributed by atoms with van der Waals surface area (Å²) in [7, 11) is 0. The number of aromatic carboxylic acids is 1. The number of hydrogen-bond donors (Lipinski definition) is 4. The number of carbonyl (C=O) groups is 4. The second-order valence-corrected chi connectivity index (χ2v) is 8.24. The van der Waals surface area contributed by atoms with Crippen molar-refractivity contribution in [2.45, 2.75) is 5.54 Å². The molecule has 2 unspecified atom stereocenters. The first-order valence-corrected chi connectivity index (χ1v) is 10.2. The second kappa shape index (κ2) is 6.97. The van der Waals surface area contributed by atoms with Gasteiger partial charge in [-0.25, -0.2) is 9.59 Å². The number of carboxylic acid groups (broad SMARTS) is 2. The monoisotopic (exact) mass is 473 g/mol. The molecule has 0 heterocycles. The van der Waals surface area contributed by atoms with Gasteiger partial charge in [0.05, 0.1) is 16.7 Å². The van der Waals surface area contributed by atoms with Gasteiger partial charge in [0.15, 0.2) is 5.92 Å². The zero-order chi connectivity index (χ0) is 25.4. The standard InChI is InChI=1S/C24H15N3O8/c25-20(28)19-17(22(31)32)15-13(21(29)30)8-7-11-10-5-1-3-9-4-2-6-12(14(9)10)18(16(11)15)24(19,23(26)33)27(34)35/h1-8,19H,(H2,25,28)(H2,26,33)(H,29,30)(H,31,32). The van der Waals surface area contributed by atoms with Crippen molar-refractivity contribution >= 4 is 61.6 Å². The Labute approximate surface area is 194 Å². The fourth-order valence-corrected chi connectivity index (χ4v) is 5.48. The number of carbonyl (C=O) groups excluding carboxylic acids is 2. The lowest BCUT2D eigenvalue weighted by molar-refractivity contribution is -0.565. The third kappa shape index (κ3) is 2.48. The molecule has 4 aromatic carbocycles. The van der Waals surface area contributed by atoms with Crippen LogP contribution in [0.4, 0.5) is 0 Å². The molecule has 2 amide bonds. The molecule has 6 N–H and O–H groups in total. The van der Waals surface area contributed by atoms with E-state index < -0.39 is 56.5 Å². The Morgan fingerprint density at radius 2 is 1.46 bits per heavy atom. The number of aliphatic carboxylic acids is 1. The maximum Gasteiger partial charge on any atom is 0.340 e. The van der Waals surface area contributed by atoms with Crippen molar-refractivity contribution in [3.05, 3.63) is 75.0 Å². The van der Waals surface area contributed by atoms with Gasteiger partial charge in [0.1, 0.15) is 0 Å². The molecule has 11 heteroatoms. The van der Waals surface area contributed by atoms with Crippen LogP contribution in [0.25, 0.3) is 37.9 Å². The molecule has 0 aliphatic heterocycles. The van der Waals surface area contributed by atoms with E-state index in [1.54, 1.807) is 30.3 Å². The van der Waals surface area contributed by atoms with E-state index in [0.29, 0.717) is 16.2 Å². The van der Waals surface area contributed by atoms with Gasteiger partial charge < -0.3 is 21.7 Å². The molecule has 0 saturated heterocycles. The minimum atomic E-state index is -3.11. The fourth-order valence-electron chi connectivity index (χ4n) is 5.48. The van der Waals surface area contributed by atoms with Gasteiger partial charge in [-0.3, -0.25) is 19.7 Å². The average molecular weight is 473 g/mol. The van der Waals surface area contributed by atoms with Crippen molar-refractivity contribution in [2.75, 3.05) is 0 Å². The molecular weight excluding hydrogens is 458 g/mol. The highest BCUT2D eigenvalue weighted by Crippen LogP contribution is 2.49. The molecule has 0 aromatic heterocycles. The summed E-state index contributed by atoms with van der Waals surface area (Å²) in [6, 6.07) is 12.5. The quantitative estimate of drug-likeness (QED) is 0.141. The molecule has 174 valence electrons. The lowest BCUT2D eigenvalue weighted by Gasteiger charge is -2.35. The predicted molar refractivity (Wildman–Crippen MR) is 123 cm³/mol. The first kappa shape index (κ1) is 21.8. The average Bonchev–Trinajstić information content (AvgIpc) is 2.79. The number of fused-ring (bicyclic) bond motifs is 2. The number of amides is 2. The first-order valence-electron chi connectivity index (χ1n) is 10.2. The Hall–Kier alpha value is -5.06. The van der Waals surface area contributed by atoms with Crippen molar-refractivity contribution in [3.8, 4) is 0 Å².